The Morgan fingerprint density at radius 2 is 1.64 bits per heavy atom. The average Bonchev–Trinajstić information content (AvgIpc) is 2.69. The number of rotatable bonds is 6. The van der Waals surface area contributed by atoms with Crippen LogP contribution >= 0.6 is 0 Å². The molecule has 3 aliphatic rings. The lowest BCUT2D eigenvalue weighted by Crippen LogP contribution is -2.49. The van der Waals surface area contributed by atoms with E-state index in [1.807, 2.05) is 0 Å². The molecule has 5 unspecified atom stereocenters. The van der Waals surface area contributed by atoms with Crippen LogP contribution in [0.2, 0.25) is 0 Å². The van der Waals surface area contributed by atoms with Gasteiger partial charge in [0.1, 0.15) is 0 Å². The van der Waals surface area contributed by atoms with Gasteiger partial charge in [-0.2, -0.15) is 0 Å². The Bertz CT molecular complexity index is 537. The SMILES string of the molecule is COCC1CC(C2([C@H]3CC(C)C(O)C(COC)C3)CCCCC2)CC(C)=C1O. The maximum atomic E-state index is 10.7. The quantitative estimate of drug-likeness (QED) is 0.657. The van der Waals surface area contributed by atoms with Crippen LogP contribution in [0.25, 0.3) is 0 Å². The number of allylic oxidation sites excluding steroid dienone is 1. The standard InChI is InChI=1S/C24H42O4/c1-16-10-20(12-18(14-27-3)22(16)25)24(8-6-5-7-9-24)21-11-17(2)23(26)19(13-21)15-28-4/h16,18-22,25-26H,5-15H2,1-4H3/t16?,18?,19?,20-,21?,22?/m0/s1. The van der Waals surface area contributed by atoms with E-state index in [9.17, 15) is 10.2 Å². The Labute approximate surface area is 171 Å². The van der Waals surface area contributed by atoms with Crippen molar-refractivity contribution in [1.82, 2.24) is 0 Å². The van der Waals surface area contributed by atoms with Crippen molar-refractivity contribution in [3.8, 4) is 0 Å². The topological polar surface area (TPSA) is 58.9 Å². The van der Waals surface area contributed by atoms with E-state index in [1.165, 1.54) is 37.7 Å². The molecule has 0 aromatic rings. The van der Waals surface area contributed by atoms with Gasteiger partial charge in [-0.05, 0) is 74.2 Å². The fourth-order valence-corrected chi connectivity index (χ4v) is 7.01. The van der Waals surface area contributed by atoms with Crippen LogP contribution in [0.5, 0.6) is 0 Å². The first-order valence-electron chi connectivity index (χ1n) is 11.5. The first kappa shape index (κ1) is 22.1. The van der Waals surface area contributed by atoms with Crippen LogP contribution in [0.15, 0.2) is 11.3 Å². The van der Waals surface area contributed by atoms with Crippen LogP contribution in [0.1, 0.15) is 71.6 Å². The molecular weight excluding hydrogens is 352 g/mol. The third kappa shape index (κ3) is 4.29. The third-order valence-corrected chi connectivity index (χ3v) is 8.41. The molecule has 2 fully saturated rings. The summed E-state index contributed by atoms with van der Waals surface area (Å²) in [4.78, 5) is 0. The van der Waals surface area contributed by atoms with E-state index in [0.29, 0.717) is 42.1 Å². The highest BCUT2D eigenvalue weighted by Crippen LogP contribution is 2.58. The minimum Gasteiger partial charge on any atom is -0.512 e. The summed E-state index contributed by atoms with van der Waals surface area (Å²) < 4.78 is 10.9. The maximum Gasteiger partial charge on any atom is 0.0965 e. The lowest BCUT2D eigenvalue weighted by atomic mass is 9.51. The molecule has 2 saturated carbocycles. The monoisotopic (exact) mass is 394 g/mol. The molecule has 28 heavy (non-hydrogen) atoms. The van der Waals surface area contributed by atoms with Gasteiger partial charge in [-0.15, -0.1) is 0 Å². The zero-order chi connectivity index (χ0) is 20.3. The smallest absolute Gasteiger partial charge is 0.0965 e. The molecule has 0 bridgehead atoms. The average molecular weight is 395 g/mol. The summed E-state index contributed by atoms with van der Waals surface area (Å²) in [6.07, 6.45) is 10.6. The Hall–Kier alpha value is -0.580. The highest BCUT2D eigenvalue weighted by molar-refractivity contribution is 5.16. The molecule has 0 aromatic carbocycles. The third-order valence-electron chi connectivity index (χ3n) is 8.41. The second-order valence-electron chi connectivity index (χ2n) is 10.1. The second-order valence-corrected chi connectivity index (χ2v) is 10.1. The van der Waals surface area contributed by atoms with Crippen LogP contribution in [-0.2, 0) is 9.47 Å². The van der Waals surface area contributed by atoms with E-state index in [2.05, 4.69) is 13.8 Å². The fraction of sp³-hybridized carbons (Fsp3) is 0.917. The summed E-state index contributed by atoms with van der Waals surface area (Å²) in [5.41, 5.74) is 1.51. The van der Waals surface area contributed by atoms with Crippen molar-refractivity contribution in [2.75, 3.05) is 27.4 Å². The molecule has 2 N–H and O–H groups in total. The highest BCUT2D eigenvalue weighted by Gasteiger charge is 2.51. The summed E-state index contributed by atoms with van der Waals surface area (Å²) in [6.45, 7) is 5.61. The number of aliphatic hydroxyl groups is 2. The van der Waals surface area contributed by atoms with Crippen LogP contribution < -0.4 is 0 Å². The van der Waals surface area contributed by atoms with Crippen molar-refractivity contribution in [3.05, 3.63) is 11.3 Å². The molecule has 162 valence electrons. The molecule has 0 saturated heterocycles. The first-order valence-corrected chi connectivity index (χ1v) is 11.5. The van der Waals surface area contributed by atoms with Gasteiger partial charge in [0.25, 0.3) is 0 Å². The Morgan fingerprint density at radius 3 is 2.29 bits per heavy atom. The summed E-state index contributed by atoms with van der Waals surface area (Å²) in [6, 6.07) is 0. The van der Waals surface area contributed by atoms with Crippen LogP contribution in [0.4, 0.5) is 0 Å². The Balaban J connectivity index is 1.88. The lowest BCUT2D eigenvalue weighted by molar-refractivity contribution is -0.0889. The molecule has 3 aliphatic carbocycles. The van der Waals surface area contributed by atoms with Crippen molar-refractivity contribution in [3.63, 3.8) is 0 Å². The van der Waals surface area contributed by atoms with Crippen molar-refractivity contribution >= 4 is 0 Å². The molecule has 0 amide bonds. The highest BCUT2D eigenvalue weighted by atomic mass is 16.5. The summed E-state index contributed by atoms with van der Waals surface area (Å²) >= 11 is 0. The molecule has 0 aromatic heterocycles. The van der Waals surface area contributed by atoms with Gasteiger partial charge in [-0.1, -0.05) is 26.2 Å². The Morgan fingerprint density at radius 1 is 0.964 bits per heavy atom. The van der Waals surface area contributed by atoms with E-state index in [4.69, 9.17) is 9.47 Å². The molecule has 0 aliphatic heterocycles. The van der Waals surface area contributed by atoms with Gasteiger partial charge < -0.3 is 19.7 Å². The largest absolute Gasteiger partial charge is 0.512 e. The molecular formula is C24H42O4. The fourth-order valence-electron chi connectivity index (χ4n) is 7.01. The van der Waals surface area contributed by atoms with Gasteiger partial charge in [0.15, 0.2) is 0 Å². The molecule has 0 radical (unpaired) electrons. The predicted molar refractivity (Wildman–Crippen MR) is 112 cm³/mol. The van der Waals surface area contributed by atoms with Gasteiger partial charge in [0, 0.05) is 26.1 Å². The zero-order valence-electron chi connectivity index (χ0n) is 18.5. The normalized spacial score (nSPS) is 39.2. The minimum absolute atomic E-state index is 0.143. The zero-order valence-corrected chi connectivity index (χ0v) is 18.5. The van der Waals surface area contributed by atoms with E-state index < -0.39 is 0 Å². The summed E-state index contributed by atoms with van der Waals surface area (Å²) in [5, 5.41) is 21.3. The first-order chi connectivity index (χ1) is 13.4. The van der Waals surface area contributed by atoms with E-state index >= 15 is 0 Å². The maximum absolute atomic E-state index is 10.7. The van der Waals surface area contributed by atoms with Gasteiger partial charge in [0.2, 0.25) is 0 Å². The second kappa shape index (κ2) is 9.49. The summed E-state index contributed by atoms with van der Waals surface area (Å²) in [5.74, 6) is 2.56. The molecule has 0 spiro atoms. The van der Waals surface area contributed by atoms with Crippen molar-refractivity contribution in [1.29, 1.82) is 0 Å². The van der Waals surface area contributed by atoms with Crippen molar-refractivity contribution in [2.45, 2.75) is 77.7 Å². The van der Waals surface area contributed by atoms with Crippen LogP contribution in [0, 0.1) is 35.0 Å². The van der Waals surface area contributed by atoms with Crippen molar-refractivity contribution < 1.29 is 19.7 Å². The summed E-state index contributed by atoms with van der Waals surface area (Å²) in [7, 11) is 3.49. The molecule has 4 nitrogen and oxygen atoms in total. The van der Waals surface area contributed by atoms with E-state index in [-0.39, 0.29) is 17.9 Å². The number of methoxy groups -OCH3 is 2. The minimum atomic E-state index is -0.241. The van der Waals surface area contributed by atoms with E-state index in [0.717, 1.165) is 25.7 Å². The Kier molecular flexibility index (Phi) is 7.49. The van der Waals surface area contributed by atoms with Gasteiger partial charge >= 0.3 is 0 Å². The number of hydrogen-bond donors (Lipinski definition) is 2. The van der Waals surface area contributed by atoms with Gasteiger partial charge in [0.05, 0.1) is 25.1 Å². The molecule has 3 rings (SSSR count). The molecule has 0 heterocycles. The van der Waals surface area contributed by atoms with Crippen LogP contribution in [-0.4, -0.2) is 43.8 Å². The number of aliphatic hydroxyl groups excluding tert-OH is 2. The van der Waals surface area contributed by atoms with Crippen LogP contribution in [0.3, 0.4) is 0 Å². The van der Waals surface area contributed by atoms with E-state index in [1.54, 1.807) is 14.2 Å². The number of hydrogen-bond acceptors (Lipinski definition) is 4. The lowest BCUT2D eigenvalue weighted by Gasteiger charge is -2.55. The van der Waals surface area contributed by atoms with Gasteiger partial charge in [-0.3, -0.25) is 0 Å². The predicted octanol–water partition coefficient (Wildman–Crippen LogP) is 5.11. The number of ether oxygens (including phenoxy) is 2. The van der Waals surface area contributed by atoms with Gasteiger partial charge in [-0.25, -0.2) is 0 Å². The molecule has 4 heteroatoms. The van der Waals surface area contributed by atoms with Crippen molar-refractivity contribution in [2.24, 2.45) is 35.0 Å². The molecule has 6 atom stereocenters.